The molecule has 1 aliphatic carbocycles. The zero-order chi connectivity index (χ0) is 18.5. The molecule has 2 aliphatic heterocycles. The molecule has 1 aromatic carbocycles. The van der Waals surface area contributed by atoms with Gasteiger partial charge in [0.1, 0.15) is 0 Å². The van der Waals surface area contributed by atoms with Gasteiger partial charge >= 0.3 is 5.97 Å². The first-order chi connectivity index (χ1) is 12.4. The molecule has 1 saturated heterocycles. The minimum Gasteiger partial charge on any atom is -0.478 e. The van der Waals surface area contributed by atoms with Crippen LogP contribution in [0, 0.1) is 12.8 Å². The summed E-state index contributed by atoms with van der Waals surface area (Å²) in [6.45, 7) is 5.28. The van der Waals surface area contributed by atoms with E-state index in [0.29, 0.717) is 29.1 Å². The number of hydrogen-bond acceptors (Lipinski definition) is 5. The number of carboxylic acid groups (broad SMARTS) is 1. The summed E-state index contributed by atoms with van der Waals surface area (Å²) < 4.78 is 17.5. The van der Waals surface area contributed by atoms with E-state index in [2.05, 4.69) is 5.32 Å². The molecule has 142 valence electrons. The number of hydrogen-bond donors (Lipinski definition) is 2. The molecule has 26 heavy (non-hydrogen) atoms. The fourth-order valence-corrected chi connectivity index (χ4v) is 4.42. The van der Waals surface area contributed by atoms with Crippen molar-refractivity contribution in [2.75, 3.05) is 13.2 Å². The third kappa shape index (κ3) is 3.04. The van der Waals surface area contributed by atoms with Crippen molar-refractivity contribution in [3.8, 4) is 11.5 Å². The minimum atomic E-state index is -1.02. The molecule has 2 fully saturated rings. The number of halogens is 1. The molecule has 1 saturated carbocycles. The molecular formula is C19H24ClNO5. The average molecular weight is 382 g/mol. The van der Waals surface area contributed by atoms with Gasteiger partial charge in [-0.05, 0) is 38.7 Å². The van der Waals surface area contributed by atoms with E-state index >= 15 is 0 Å². The normalized spacial score (nSPS) is 30.9. The highest BCUT2D eigenvalue weighted by Crippen LogP contribution is 2.51. The molecule has 1 atom stereocenters. The first kappa shape index (κ1) is 17.9. The van der Waals surface area contributed by atoms with Crippen molar-refractivity contribution in [2.45, 2.75) is 57.4 Å². The number of fused-ring (bicyclic) bond motifs is 1. The van der Waals surface area contributed by atoms with Crippen molar-refractivity contribution >= 4 is 17.6 Å². The SMILES string of the molecule is Cc1c(C(=O)O)cc(Cl)c2c1OC(C)([C@H]1CC[C@H](NC3COC3)CC1)O2. The first-order valence-corrected chi connectivity index (χ1v) is 9.53. The standard InChI is InChI=1S/C19H24ClNO5/c1-10-14(18(22)23)7-15(20)17-16(10)25-19(2,26-17)11-3-5-12(6-4-11)21-13-8-24-9-13/h7,11-13,21H,3-6,8-9H2,1-2H3,(H,22,23)/t11-,12-,19?. The lowest BCUT2D eigenvalue weighted by Gasteiger charge is -2.39. The molecule has 1 aromatic rings. The van der Waals surface area contributed by atoms with Gasteiger partial charge < -0.3 is 24.6 Å². The molecule has 3 aliphatic rings. The molecule has 0 spiro atoms. The number of carbonyl (C=O) groups is 1. The molecule has 2 N–H and O–H groups in total. The van der Waals surface area contributed by atoms with E-state index in [1.807, 2.05) is 6.92 Å². The molecule has 7 heteroatoms. The maximum absolute atomic E-state index is 11.4. The van der Waals surface area contributed by atoms with Crippen LogP contribution < -0.4 is 14.8 Å². The summed E-state index contributed by atoms with van der Waals surface area (Å²) in [5.74, 6) is -0.670. The number of benzene rings is 1. The topological polar surface area (TPSA) is 77.0 Å². The molecular weight excluding hydrogens is 358 g/mol. The van der Waals surface area contributed by atoms with E-state index in [1.165, 1.54) is 6.07 Å². The van der Waals surface area contributed by atoms with Crippen molar-refractivity contribution in [3.63, 3.8) is 0 Å². The predicted octanol–water partition coefficient (Wildman–Crippen LogP) is 3.38. The Balaban J connectivity index is 1.47. The molecule has 0 aromatic heterocycles. The molecule has 0 bridgehead atoms. The fourth-order valence-electron chi connectivity index (χ4n) is 4.18. The van der Waals surface area contributed by atoms with Crippen LogP contribution in [0.15, 0.2) is 6.07 Å². The van der Waals surface area contributed by atoms with E-state index in [1.54, 1.807) is 6.92 Å². The van der Waals surface area contributed by atoms with Crippen molar-refractivity contribution in [1.29, 1.82) is 0 Å². The lowest BCUT2D eigenvalue weighted by atomic mass is 9.81. The van der Waals surface area contributed by atoms with Crippen LogP contribution in [0.3, 0.4) is 0 Å². The summed E-state index contributed by atoms with van der Waals surface area (Å²) in [5.41, 5.74) is 0.707. The van der Waals surface area contributed by atoms with Crippen LogP contribution in [0.2, 0.25) is 5.02 Å². The summed E-state index contributed by atoms with van der Waals surface area (Å²) in [6.07, 6.45) is 4.09. The molecule has 0 amide bonds. The second-order valence-electron chi connectivity index (χ2n) is 7.66. The third-order valence-electron chi connectivity index (χ3n) is 5.86. The zero-order valence-corrected chi connectivity index (χ0v) is 15.8. The Labute approximate surface area is 157 Å². The van der Waals surface area contributed by atoms with Crippen molar-refractivity contribution in [1.82, 2.24) is 5.32 Å². The molecule has 4 rings (SSSR count). The van der Waals surface area contributed by atoms with Crippen molar-refractivity contribution in [2.24, 2.45) is 5.92 Å². The quantitative estimate of drug-likeness (QED) is 0.832. The number of rotatable bonds is 4. The largest absolute Gasteiger partial charge is 0.478 e. The summed E-state index contributed by atoms with van der Waals surface area (Å²) in [5, 5.41) is 13.3. The van der Waals surface area contributed by atoms with Gasteiger partial charge in [-0.3, -0.25) is 0 Å². The summed E-state index contributed by atoms with van der Waals surface area (Å²) in [4.78, 5) is 11.4. The van der Waals surface area contributed by atoms with E-state index < -0.39 is 11.8 Å². The van der Waals surface area contributed by atoms with Crippen LogP contribution in [-0.2, 0) is 4.74 Å². The highest BCUT2D eigenvalue weighted by Gasteiger charge is 2.47. The van der Waals surface area contributed by atoms with Crippen LogP contribution in [0.25, 0.3) is 0 Å². The van der Waals surface area contributed by atoms with Gasteiger partial charge in [-0.2, -0.15) is 0 Å². The van der Waals surface area contributed by atoms with E-state index in [-0.39, 0.29) is 16.5 Å². The average Bonchev–Trinajstić information content (AvgIpc) is 2.94. The number of aromatic carboxylic acids is 1. The maximum Gasteiger partial charge on any atom is 0.336 e. The Hall–Kier alpha value is -1.50. The molecule has 2 heterocycles. The Morgan fingerprint density at radius 2 is 1.85 bits per heavy atom. The Morgan fingerprint density at radius 3 is 2.42 bits per heavy atom. The molecule has 1 unspecified atom stereocenters. The summed E-state index contributed by atoms with van der Waals surface area (Å²) in [6, 6.07) is 2.44. The summed E-state index contributed by atoms with van der Waals surface area (Å²) >= 11 is 6.27. The Bertz CT molecular complexity index is 727. The highest BCUT2D eigenvalue weighted by atomic mass is 35.5. The van der Waals surface area contributed by atoms with Crippen LogP contribution in [-0.4, -0.2) is 42.2 Å². The van der Waals surface area contributed by atoms with Gasteiger partial charge in [-0.1, -0.05) is 11.6 Å². The smallest absolute Gasteiger partial charge is 0.336 e. The van der Waals surface area contributed by atoms with Crippen molar-refractivity contribution in [3.05, 3.63) is 22.2 Å². The van der Waals surface area contributed by atoms with Gasteiger partial charge in [0.15, 0.2) is 11.5 Å². The summed E-state index contributed by atoms with van der Waals surface area (Å²) in [7, 11) is 0. The fraction of sp³-hybridized carbons (Fsp3) is 0.632. The lowest BCUT2D eigenvalue weighted by molar-refractivity contribution is -0.122. The van der Waals surface area contributed by atoms with Crippen LogP contribution >= 0.6 is 11.6 Å². The van der Waals surface area contributed by atoms with Crippen LogP contribution in [0.1, 0.15) is 48.5 Å². The Kier molecular flexibility index (Phi) is 4.53. The van der Waals surface area contributed by atoms with Gasteiger partial charge in [0.25, 0.3) is 5.79 Å². The van der Waals surface area contributed by atoms with Crippen LogP contribution in [0.5, 0.6) is 11.5 Å². The molecule has 0 radical (unpaired) electrons. The molecule has 6 nitrogen and oxygen atoms in total. The first-order valence-electron chi connectivity index (χ1n) is 9.15. The van der Waals surface area contributed by atoms with Gasteiger partial charge in [0, 0.05) is 24.4 Å². The van der Waals surface area contributed by atoms with E-state index in [9.17, 15) is 9.90 Å². The zero-order valence-electron chi connectivity index (χ0n) is 15.0. The second kappa shape index (κ2) is 6.59. The van der Waals surface area contributed by atoms with Gasteiger partial charge in [0.05, 0.1) is 29.8 Å². The minimum absolute atomic E-state index is 0.150. The Morgan fingerprint density at radius 1 is 1.19 bits per heavy atom. The number of ether oxygens (including phenoxy) is 3. The van der Waals surface area contributed by atoms with E-state index in [4.69, 9.17) is 25.8 Å². The maximum atomic E-state index is 11.4. The second-order valence-corrected chi connectivity index (χ2v) is 8.07. The van der Waals surface area contributed by atoms with Crippen molar-refractivity contribution < 1.29 is 24.1 Å². The van der Waals surface area contributed by atoms with E-state index in [0.717, 1.165) is 38.9 Å². The highest BCUT2D eigenvalue weighted by molar-refractivity contribution is 6.32. The predicted molar refractivity (Wildman–Crippen MR) is 96.3 cm³/mol. The van der Waals surface area contributed by atoms with Gasteiger partial charge in [0.2, 0.25) is 0 Å². The van der Waals surface area contributed by atoms with Gasteiger partial charge in [-0.15, -0.1) is 0 Å². The number of nitrogens with one attached hydrogen (secondary N) is 1. The third-order valence-corrected chi connectivity index (χ3v) is 6.14. The van der Waals surface area contributed by atoms with Gasteiger partial charge in [-0.25, -0.2) is 4.79 Å². The van der Waals surface area contributed by atoms with Crippen LogP contribution in [0.4, 0.5) is 0 Å². The monoisotopic (exact) mass is 381 g/mol. The number of carboxylic acids is 1. The lowest BCUT2D eigenvalue weighted by Crippen LogP contribution is -2.53.